The third-order valence-electron chi connectivity index (χ3n) is 4.39. The summed E-state index contributed by atoms with van der Waals surface area (Å²) in [7, 11) is 0. The molecule has 3 aromatic carbocycles. The summed E-state index contributed by atoms with van der Waals surface area (Å²) in [4.78, 5) is 23.9. The number of nitrogens with one attached hydrogen (secondary N) is 3. The first-order valence-corrected chi connectivity index (χ1v) is 10.3. The van der Waals surface area contributed by atoms with Crippen LogP contribution in [0.25, 0.3) is 17.2 Å². The topological polar surface area (TPSA) is 79.5 Å². The van der Waals surface area contributed by atoms with Gasteiger partial charge in [0.05, 0.1) is 0 Å². The Balaban J connectivity index is 1.37. The average molecular weight is 446 g/mol. The molecule has 0 fully saturated rings. The van der Waals surface area contributed by atoms with E-state index in [1.807, 2.05) is 73.7 Å². The molecule has 6 nitrogen and oxygen atoms in total. The quantitative estimate of drug-likeness (QED) is 0.306. The van der Waals surface area contributed by atoms with E-state index in [0.717, 1.165) is 22.3 Å². The molecular formula is C25H23N3O3S. The SMILES string of the molecule is Cc1ccc(/C=C/C(=O)NC(=S)NNC(=O)COc2ccc(-c3ccccc3)cc2)cc1. The first-order chi connectivity index (χ1) is 15.5. The fourth-order valence-electron chi connectivity index (χ4n) is 2.72. The van der Waals surface area contributed by atoms with Crippen LogP contribution >= 0.6 is 12.2 Å². The second kappa shape index (κ2) is 11.4. The van der Waals surface area contributed by atoms with E-state index in [9.17, 15) is 9.59 Å². The number of thiocarbonyl (C=S) groups is 1. The van der Waals surface area contributed by atoms with Crippen LogP contribution in [0.3, 0.4) is 0 Å². The average Bonchev–Trinajstić information content (AvgIpc) is 2.82. The van der Waals surface area contributed by atoms with Crippen molar-refractivity contribution >= 4 is 35.2 Å². The van der Waals surface area contributed by atoms with Crippen molar-refractivity contribution in [1.82, 2.24) is 16.2 Å². The Morgan fingerprint density at radius 1 is 0.875 bits per heavy atom. The Bertz CT molecular complexity index is 1100. The van der Waals surface area contributed by atoms with Crippen molar-refractivity contribution in [2.75, 3.05) is 6.61 Å². The minimum Gasteiger partial charge on any atom is -0.484 e. The second-order valence-electron chi connectivity index (χ2n) is 6.91. The summed E-state index contributed by atoms with van der Waals surface area (Å²) in [5.74, 6) is -0.284. The maximum absolute atomic E-state index is 11.9. The zero-order valence-electron chi connectivity index (χ0n) is 17.5. The van der Waals surface area contributed by atoms with E-state index < -0.39 is 11.8 Å². The standard InChI is InChI=1S/C25H23N3O3S/c1-18-7-9-19(10-8-18)11-16-23(29)26-25(32)28-27-24(30)17-31-22-14-12-21(13-15-22)20-5-3-2-4-6-20/h2-16H,17H2,1H3,(H,27,30)(H2,26,28,29,32)/b16-11+. The molecule has 0 saturated heterocycles. The van der Waals surface area contributed by atoms with Crippen molar-refractivity contribution in [3.8, 4) is 16.9 Å². The lowest BCUT2D eigenvalue weighted by Crippen LogP contribution is -2.49. The van der Waals surface area contributed by atoms with Gasteiger partial charge in [0, 0.05) is 6.08 Å². The molecule has 0 aliphatic carbocycles. The Morgan fingerprint density at radius 3 is 2.22 bits per heavy atom. The Labute approximate surface area is 192 Å². The van der Waals surface area contributed by atoms with Gasteiger partial charge in [-0.15, -0.1) is 0 Å². The lowest BCUT2D eigenvalue weighted by atomic mass is 10.1. The second-order valence-corrected chi connectivity index (χ2v) is 7.32. The highest BCUT2D eigenvalue weighted by molar-refractivity contribution is 7.80. The molecule has 0 aliphatic heterocycles. The molecule has 0 aliphatic rings. The van der Waals surface area contributed by atoms with Gasteiger partial charge in [-0.25, -0.2) is 0 Å². The van der Waals surface area contributed by atoms with E-state index in [2.05, 4.69) is 16.2 Å². The van der Waals surface area contributed by atoms with Gasteiger partial charge in [0.15, 0.2) is 11.7 Å². The predicted octanol–water partition coefficient (Wildman–Crippen LogP) is 3.78. The number of amides is 2. The number of hydrazine groups is 1. The Kier molecular flexibility index (Phi) is 8.11. The van der Waals surface area contributed by atoms with Crippen LogP contribution in [0.5, 0.6) is 5.75 Å². The molecule has 3 aromatic rings. The molecular weight excluding hydrogens is 422 g/mol. The first kappa shape index (κ1) is 22.7. The summed E-state index contributed by atoms with van der Waals surface area (Å²) in [5.41, 5.74) is 9.05. The van der Waals surface area contributed by atoms with Gasteiger partial charge in [0.2, 0.25) is 5.91 Å². The summed E-state index contributed by atoms with van der Waals surface area (Å²) in [5, 5.41) is 2.43. The molecule has 3 N–H and O–H groups in total. The predicted molar refractivity (Wildman–Crippen MR) is 130 cm³/mol. The maximum Gasteiger partial charge on any atom is 0.276 e. The fourth-order valence-corrected chi connectivity index (χ4v) is 2.87. The number of ether oxygens (including phenoxy) is 1. The molecule has 0 saturated carbocycles. The van der Waals surface area contributed by atoms with Crippen LogP contribution in [-0.2, 0) is 9.59 Å². The van der Waals surface area contributed by atoms with Gasteiger partial charge in [-0.2, -0.15) is 0 Å². The number of hydrogen-bond donors (Lipinski definition) is 3. The molecule has 0 bridgehead atoms. The Morgan fingerprint density at radius 2 is 1.53 bits per heavy atom. The third kappa shape index (κ3) is 7.37. The van der Waals surface area contributed by atoms with Crippen LogP contribution < -0.4 is 20.9 Å². The van der Waals surface area contributed by atoms with Crippen molar-refractivity contribution in [3.63, 3.8) is 0 Å². The van der Waals surface area contributed by atoms with E-state index in [-0.39, 0.29) is 11.7 Å². The Hall–Kier alpha value is -3.97. The number of hydrogen-bond acceptors (Lipinski definition) is 4. The highest BCUT2D eigenvalue weighted by atomic mass is 32.1. The van der Waals surface area contributed by atoms with Gasteiger partial charge in [0.25, 0.3) is 5.91 Å². The van der Waals surface area contributed by atoms with Crippen LogP contribution in [0.2, 0.25) is 0 Å². The summed E-state index contributed by atoms with van der Waals surface area (Å²) < 4.78 is 5.47. The highest BCUT2D eigenvalue weighted by Gasteiger charge is 2.06. The molecule has 0 heterocycles. The largest absolute Gasteiger partial charge is 0.484 e. The highest BCUT2D eigenvalue weighted by Crippen LogP contribution is 2.21. The van der Waals surface area contributed by atoms with Crippen LogP contribution in [-0.4, -0.2) is 23.5 Å². The zero-order chi connectivity index (χ0) is 22.8. The number of aryl methyl sites for hydroxylation is 1. The number of rotatable bonds is 6. The van der Waals surface area contributed by atoms with Gasteiger partial charge < -0.3 is 4.74 Å². The third-order valence-corrected chi connectivity index (χ3v) is 4.59. The summed E-state index contributed by atoms with van der Waals surface area (Å²) >= 11 is 5.00. The van der Waals surface area contributed by atoms with Crippen LogP contribution in [0.1, 0.15) is 11.1 Å². The van der Waals surface area contributed by atoms with Crippen molar-refractivity contribution in [1.29, 1.82) is 0 Å². The van der Waals surface area contributed by atoms with Crippen molar-refractivity contribution in [3.05, 3.63) is 96.1 Å². The van der Waals surface area contributed by atoms with Gasteiger partial charge in [-0.3, -0.25) is 25.8 Å². The number of carbonyl (C=O) groups is 2. The summed E-state index contributed by atoms with van der Waals surface area (Å²) in [6, 6.07) is 25.1. The molecule has 0 spiro atoms. The van der Waals surface area contributed by atoms with E-state index in [0.29, 0.717) is 5.75 Å². The molecule has 0 aromatic heterocycles. The lowest BCUT2D eigenvalue weighted by molar-refractivity contribution is -0.123. The molecule has 0 radical (unpaired) electrons. The van der Waals surface area contributed by atoms with Crippen LogP contribution in [0, 0.1) is 6.92 Å². The minimum absolute atomic E-state index is 0.0240. The molecule has 7 heteroatoms. The molecule has 162 valence electrons. The zero-order valence-corrected chi connectivity index (χ0v) is 18.3. The minimum atomic E-state index is -0.441. The van der Waals surface area contributed by atoms with Crippen molar-refractivity contribution in [2.24, 2.45) is 0 Å². The maximum atomic E-state index is 11.9. The molecule has 0 atom stereocenters. The van der Waals surface area contributed by atoms with Crippen LogP contribution in [0.4, 0.5) is 0 Å². The van der Waals surface area contributed by atoms with Gasteiger partial charge in [0.1, 0.15) is 5.75 Å². The van der Waals surface area contributed by atoms with Crippen LogP contribution in [0.15, 0.2) is 84.9 Å². The summed E-state index contributed by atoms with van der Waals surface area (Å²) in [6.07, 6.45) is 3.04. The van der Waals surface area contributed by atoms with Gasteiger partial charge >= 0.3 is 0 Å². The van der Waals surface area contributed by atoms with E-state index >= 15 is 0 Å². The van der Waals surface area contributed by atoms with Crippen molar-refractivity contribution in [2.45, 2.75) is 6.92 Å². The monoisotopic (exact) mass is 445 g/mol. The molecule has 0 unspecified atom stereocenters. The lowest BCUT2D eigenvalue weighted by Gasteiger charge is -2.11. The van der Waals surface area contributed by atoms with E-state index in [1.165, 1.54) is 6.08 Å². The van der Waals surface area contributed by atoms with Gasteiger partial charge in [-0.1, -0.05) is 72.3 Å². The van der Waals surface area contributed by atoms with E-state index in [1.54, 1.807) is 18.2 Å². The first-order valence-electron chi connectivity index (χ1n) is 9.92. The number of carbonyl (C=O) groups excluding carboxylic acids is 2. The van der Waals surface area contributed by atoms with Crippen molar-refractivity contribution < 1.29 is 14.3 Å². The number of benzene rings is 3. The molecule has 3 rings (SSSR count). The fraction of sp³-hybridized carbons (Fsp3) is 0.0800. The summed E-state index contributed by atoms with van der Waals surface area (Å²) in [6.45, 7) is 1.78. The molecule has 32 heavy (non-hydrogen) atoms. The van der Waals surface area contributed by atoms with E-state index in [4.69, 9.17) is 17.0 Å². The van der Waals surface area contributed by atoms with Gasteiger partial charge in [-0.05, 0) is 54.0 Å². The molecule has 2 amide bonds. The normalized spacial score (nSPS) is 10.4. The smallest absolute Gasteiger partial charge is 0.276 e.